The maximum Gasteiger partial charge on any atom is 0.169 e. The highest BCUT2D eigenvalue weighted by atomic mass is 16.7. The lowest BCUT2D eigenvalue weighted by Gasteiger charge is -2.31. The molecule has 2 aliphatic heterocycles. The minimum absolute atomic E-state index is 0.0652. The summed E-state index contributed by atoms with van der Waals surface area (Å²) >= 11 is 0. The summed E-state index contributed by atoms with van der Waals surface area (Å²) in [5.74, 6) is 0.859. The number of aliphatic hydroxyl groups is 1. The Morgan fingerprint density at radius 3 is 2.67 bits per heavy atom. The van der Waals surface area contributed by atoms with Crippen molar-refractivity contribution >= 4 is 0 Å². The van der Waals surface area contributed by atoms with Crippen LogP contribution in [0.4, 0.5) is 0 Å². The number of hydrogen-bond donors (Lipinski definition) is 1. The fraction of sp³-hybridized carbons (Fsp3) is 1.00. The SMILES string of the molecule is OC[C@H]1[C@@H]2CC3(C[C@@H]2C[C@@H]1OC1CCCCO1)OCCO3. The predicted octanol–water partition coefficient (Wildman–Crippen LogP) is 1.68. The molecule has 0 radical (unpaired) electrons. The van der Waals surface area contributed by atoms with Crippen LogP contribution in [0.5, 0.6) is 0 Å². The van der Waals surface area contributed by atoms with E-state index < -0.39 is 0 Å². The Morgan fingerprint density at radius 2 is 1.95 bits per heavy atom. The second-order valence-corrected chi connectivity index (χ2v) is 6.99. The van der Waals surface area contributed by atoms with Crippen LogP contribution in [0, 0.1) is 17.8 Å². The average molecular weight is 298 g/mol. The minimum Gasteiger partial charge on any atom is -0.396 e. The lowest BCUT2D eigenvalue weighted by atomic mass is 9.92. The predicted molar refractivity (Wildman–Crippen MR) is 74.5 cm³/mol. The molecule has 1 N–H and O–H groups in total. The molecule has 120 valence electrons. The fourth-order valence-electron chi connectivity index (χ4n) is 4.82. The molecule has 21 heavy (non-hydrogen) atoms. The second kappa shape index (κ2) is 5.78. The summed E-state index contributed by atoms with van der Waals surface area (Å²) in [6.45, 7) is 2.41. The van der Waals surface area contributed by atoms with Gasteiger partial charge in [0.15, 0.2) is 12.1 Å². The Morgan fingerprint density at radius 1 is 1.10 bits per heavy atom. The van der Waals surface area contributed by atoms with Crippen LogP contribution in [0.25, 0.3) is 0 Å². The lowest BCUT2D eigenvalue weighted by Crippen LogP contribution is -2.35. The van der Waals surface area contributed by atoms with E-state index in [0.29, 0.717) is 25.0 Å². The van der Waals surface area contributed by atoms with E-state index in [9.17, 15) is 5.11 Å². The van der Waals surface area contributed by atoms with Crippen molar-refractivity contribution in [3.8, 4) is 0 Å². The molecule has 1 spiro atoms. The van der Waals surface area contributed by atoms with Crippen molar-refractivity contribution in [2.75, 3.05) is 26.4 Å². The topological polar surface area (TPSA) is 57.2 Å². The van der Waals surface area contributed by atoms with Gasteiger partial charge >= 0.3 is 0 Å². The number of rotatable bonds is 3. The van der Waals surface area contributed by atoms with Crippen LogP contribution in [0.1, 0.15) is 38.5 Å². The van der Waals surface area contributed by atoms with E-state index in [0.717, 1.165) is 38.7 Å². The molecule has 0 aromatic carbocycles. The Hall–Kier alpha value is -0.200. The van der Waals surface area contributed by atoms with E-state index in [1.807, 2.05) is 0 Å². The third-order valence-electron chi connectivity index (χ3n) is 5.78. The van der Waals surface area contributed by atoms with Gasteiger partial charge in [-0.05, 0) is 37.5 Å². The molecule has 2 saturated heterocycles. The molecule has 5 atom stereocenters. The van der Waals surface area contributed by atoms with Gasteiger partial charge < -0.3 is 24.1 Å². The van der Waals surface area contributed by atoms with E-state index in [1.165, 1.54) is 6.42 Å². The molecule has 4 fully saturated rings. The monoisotopic (exact) mass is 298 g/mol. The van der Waals surface area contributed by atoms with Crippen LogP contribution in [0.3, 0.4) is 0 Å². The van der Waals surface area contributed by atoms with E-state index >= 15 is 0 Å². The van der Waals surface area contributed by atoms with Crippen molar-refractivity contribution in [1.29, 1.82) is 0 Å². The quantitative estimate of drug-likeness (QED) is 0.859. The number of fused-ring (bicyclic) bond motifs is 1. The van der Waals surface area contributed by atoms with E-state index in [4.69, 9.17) is 18.9 Å². The molecule has 5 nitrogen and oxygen atoms in total. The van der Waals surface area contributed by atoms with E-state index in [1.54, 1.807) is 0 Å². The largest absolute Gasteiger partial charge is 0.396 e. The van der Waals surface area contributed by atoms with Crippen molar-refractivity contribution in [3.05, 3.63) is 0 Å². The molecular weight excluding hydrogens is 272 g/mol. The Bertz CT molecular complexity index is 362. The van der Waals surface area contributed by atoms with Crippen molar-refractivity contribution in [1.82, 2.24) is 0 Å². The van der Waals surface area contributed by atoms with Gasteiger partial charge in [0.2, 0.25) is 0 Å². The maximum absolute atomic E-state index is 9.84. The molecule has 0 bridgehead atoms. The zero-order valence-electron chi connectivity index (χ0n) is 12.5. The molecule has 2 aliphatic carbocycles. The summed E-state index contributed by atoms with van der Waals surface area (Å²) in [4.78, 5) is 0. The summed E-state index contributed by atoms with van der Waals surface area (Å²) in [6.07, 6.45) is 6.24. The maximum atomic E-state index is 9.84. The molecule has 0 amide bonds. The van der Waals surface area contributed by atoms with Crippen LogP contribution in [0.15, 0.2) is 0 Å². The number of hydrogen-bond acceptors (Lipinski definition) is 5. The van der Waals surface area contributed by atoms with Gasteiger partial charge in [-0.3, -0.25) is 0 Å². The highest BCUT2D eigenvalue weighted by Gasteiger charge is 2.57. The Kier molecular flexibility index (Phi) is 3.96. The van der Waals surface area contributed by atoms with Gasteiger partial charge in [-0.2, -0.15) is 0 Å². The van der Waals surface area contributed by atoms with Gasteiger partial charge in [0, 0.05) is 32.0 Å². The Labute approximate surface area is 125 Å². The van der Waals surface area contributed by atoms with Crippen LogP contribution in [-0.4, -0.2) is 49.7 Å². The fourth-order valence-corrected chi connectivity index (χ4v) is 4.82. The first-order valence-electron chi connectivity index (χ1n) is 8.45. The average Bonchev–Trinajstić information content (AvgIpc) is 3.16. The third kappa shape index (κ3) is 2.63. The van der Waals surface area contributed by atoms with Gasteiger partial charge in [0.25, 0.3) is 0 Å². The highest BCUT2D eigenvalue weighted by Crippen LogP contribution is 2.55. The summed E-state index contributed by atoms with van der Waals surface area (Å²) in [6, 6.07) is 0. The van der Waals surface area contributed by atoms with Crippen LogP contribution >= 0.6 is 0 Å². The van der Waals surface area contributed by atoms with Crippen molar-refractivity contribution < 1.29 is 24.1 Å². The van der Waals surface area contributed by atoms with Gasteiger partial charge in [0.1, 0.15) is 0 Å². The zero-order valence-corrected chi connectivity index (χ0v) is 12.5. The molecule has 1 unspecified atom stereocenters. The van der Waals surface area contributed by atoms with Crippen molar-refractivity contribution in [2.45, 2.75) is 56.7 Å². The molecule has 5 heteroatoms. The van der Waals surface area contributed by atoms with E-state index in [-0.39, 0.29) is 30.7 Å². The molecule has 4 rings (SSSR count). The molecule has 0 aromatic rings. The number of aliphatic hydroxyl groups excluding tert-OH is 1. The highest BCUT2D eigenvalue weighted by molar-refractivity contribution is 5.02. The van der Waals surface area contributed by atoms with E-state index in [2.05, 4.69) is 0 Å². The number of ether oxygens (including phenoxy) is 4. The summed E-state index contributed by atoms with van der Waals surface area (Å²) in [5.41, 5.74) is 0. The standard InChI is InChI=1S/C16H26O5/c17-10-13-12-9-16(19-5-6-20-16)8-11(12)7-14(13)21-15-3-1-2-4-18-15/h11-15,17H,1-10H2/t11-,12+,13-,14-,15?/m0/s1. The lowest BCUT2D eigenvalue weighted by molar-refractivity contribution is -0.203. The van der Waals surface area contributed by atoms with Crippen molar-refractivity contribution in [2.24, 2.45) is 17.8 Å². The summed E-state index contributed by atoms with van der Waals surface area (Å²) in [7, 11) is 0. The summed E-state index contributed by atoms with van der Waals surface area (Å²) < 4.78 is 23.6. The molecule has 4 aliphatic rings. The third-order valence-corrected chi connectivity index (χ3v) is 5.78. The summed E-state index contributed by atoms with van der Waals surface area (Å²) in [5, 5.41) is 9.84. The van der Waals surface area contributed by atoms with Crippen LogP contribution < -0.4 is 0 Å². The Balaban J connectivity index is 1.40. The first kappa shape index (κ1) is 14.4. The molecule has 0 aromatic heterocycles. The van der Waals surface area contributed by atoms with Crippen LogP contribution in [-0.2, 0) is 18.9 Å². The molecule has 2 heterocycles. The first-order valence-corrected chi connectivity index (χ1v) is 8.45. The first-order chi connectivity index (χ1) is 10.3. The van der Waals surface area contributed by atoms with Gasteiger partial charge in [-0.1, -0.05) is 0 Å². The molecule has 2 saturated carbocycles. The normalized spacial score (nSPS) is 45.3. The van der Waals surface area contributed by atoms with Crippen molar-refractivity contribution in [3.63, 3.8) is 0 Å². The van der Waals surface area contributed by atoms with Gasteiger partial charge in [-0.25, -0.2) is 0 Å². The van der Waals surface area contributed by atoms with Gasteiger partial charge in [-0.15, -0.1) is 0 Å². The smallest absolute Gasteiger partial charge is 0.169 e. The molecular formula is C16H26O5. The second-order valence-electron chi connectivity index (χ2n) is 6.99. The van der Waals surface area contributed by atoms with Crippen LogP contribution in [0.2, 0.25) is 0 Å². The van der Waals surface area contributed by atoms with Gasteiger partial charge in [0.05, 0.1) is 19.3 Å². The minimum atomic E-state index is -0.352. The zero-order chi connectivity index (χ0) is 14.3.